The molecule has 0 amide bonds. The molecule has 6 rings (SSSR count). The first-order valence-electron chi connectivity index (χ1n) is 8.61. The molecule has 0 bridgehead atoms. The number of phenolic OH excluding ortho intramolecular Hbond substituents is 2. The number of hydrogen-bond donors (Lipinski definition) is 3. The molecule has 1 heterocycles. The summed E-state index contributed by atoms with van der Waals surface area (Å²) in [4.78, 5) is 25.1. The molecule has 4 unspecified atom stereocenters. The van der Waals surface area contributed by atoms with Crippen molar-refractivity contribution in [2.24, 2.45) is 0 Å². The van der Waals surface area contributed by atoms with Gasteiger partial charge in [-0.05, 0) is 35.2 Å². The molecule has 26 heavy (non-hydrogen) atoms. The normalized spacial score (nSPS) is 32.6. The van der Waals surface area contributed by atoms with E-state index in [1.54, 1.807) is 12.1 Å². The molecule has 1 saturated heterocycles. The van der Waals surface area contributed by atoms with Gasteiger partial charge in [-0.1, -0.05) is 12.1 Å². The Kier molecular flexibility index (Phi) is 2.32. The van der Waals surface area contributed by atoms with Crippen LogP contribution >= 0.6 is 0 Å². The molecule has 0 spiro atoms. The second-order valence-electron chi connectivity index (χ2n) is 7.51. The van der Waals surface area contributed by atoms with Gasteiger partial charge in [-0.25, -0.2) is 0 Å². The van der Waals surface area contributed by atoms with Gasteiger partial charge in [-0.15, -0.1) is 0 Å². The highest BCUT2D eigenvalue weighted by Crippen LogP contribution is 2.63. The Labute approximate surface area is 147 Å². The molecule has 1 aliphatic heterocycles. The summed E-state index contributed by atoms with van der Waals surface area (Å²) in [5, 5.41) is 32.3. The lowest BCUT2D eigenvalue weighted by atomic mass is 9.58. The van der Waals surface area contributed by atoms with Gasteiger partial charge in [0.1, 0.15) is 29.3 Å². The standard InChI is InChI=1S/C20H14O6/c21-9-4-2-8-7-1-3-10(22)14-12(7)16(18-19(26-18)17(14)24)20(25)6-5-11(23)13(9)15(8)20/h1-4,16,18-19,21-22,25H,5-6H2. The minimum absolute atomic E-state index is 0.103. The van der Waals surface area contributed by atoms with E-state index in [0.29, 0.717) is 22.3 Å². The molecule has 0 radical (unpaired) electrons. The predicted molar refractivity (Wildman–Crippen MR) is 88.4 cm³/mol. The van der Waals surface area contributed by atoms with Crippen molar-refractivity contribution in [2.45, 2.75) is 36.6 Å². The number of aromatic hydroxyl groups is 2. The molecule has 6 heteroatoms. The van der Waals surface area contributed by atoms with Gasteiger partial charge in [0.25, 0.3) is 0 Å². The van der Waals surface area contributed by atoms with Crippen LogP contribution in [0.15, 0.2) is 24.3 Å². The molecular weight excluding hydrogens is 336 g/mol. The summed E-state index contributed by atoms with van der Waals surface area (Å²) in [5.74, 6) is -1.28. The van der Waals surface area contributed by atoms with E-state index in [2.05, 4.69) is 0 Å². The maximum absolute atomic E-state index is 12.7. The Morgan fingerprint density at radius 2 is 1.69 bits per heavy atom. The number of ether oxygens (including phenoxy) is 1. The topological polar surface area (TPSA) is 107 Å². The van der Waals surface area contributed by atoms with Crippen LogP contribution in [0.5, 0.6) is 11.5 Å². The van der Waals surface area contributed by atoms with Gasteiger partial charge in [0.15, 0.2) is 11.6 Å². The van der Waals surface area contributed by atoms with Crippen molar-refractivity contribution in [2.75, 3.05) is 0 Å². The first-order valence-corrected chi connectivity index (χ1v) is 8.61. The maximum atomic E-state index is 12.7. The summed E-state index contributed by atoms with van der Waals surface area (Å²) in [6, 6.07) is 6.26. The Morgan fingerprint density at radius 1 is 1.00 bits per heavy atom. The number of epoxide rings is 1. The molecule has 0 aromatic heterocycles. The molecule has 3 aliphatic carbocycles. The zero-order chi connectivity index (χ0) is 18.0. The SMILES string of the molecule is O=C1CCC2(O)c3c(ccc(O)c31)-c1ccc(O)c3c1C2C1OC1C3=O. The number of rotatable bonds is 0. The third-order valence-corrected chi connectivity index (χ3v) is 6.33. The Balaban J connectivity index is 1.80. The Hall–Kier alpha value is -2.70. The van der Waals surface area contributed by atoms with Crippen molar-refractivity contribution in [1.29, 1.82) is 0 Å². The Bertz CT molecular complexity index is 1070. The fraction of sp³-hybridized carbons (Fsp3) is 0.300. The average molecular weight is 350 g/mol. The first kappa shape index (κ1) is 14.5. The van der Waals surface area contributed by atoms with Gasteiger partial charge in [0.2, 0.25) is 0 Å². The minimum Gasteiger partial charge on any atom is -0.507 e. The largest absolute Gasteiger partial charge is 0.507 e. The van der Waals surface area contributed by atoms with Crippen molar-refractivity contribution in [1.82, 2.24) is 0 Å². The summed E-state index contributed by atoms with van der Waals surface area (Å²) < 4.78 is 5.59. The number of Topliss-reactive ketones (excluding diaryl/α,β-unsaturated/α-hetero) is 2. The molecule has 4 atom stereocenters. The molecule has 2 aromatic carbocycles. The van der Waals surface area contributed by atoms with Crippen LogP contribution in [0, 0.1) is 0 Å². The highest BCUT2D eigenvalue weighted by molar-refractivity contribution is 6.10. The predicted octanol–water partition coefficient (Wildman–Crippen LogP) is 1.99. The van der Waals surface area contributed by atoms with E-state index in [9.17, 15) is 24.9 Å². The Morgan fingerprint density at radius 3 is 2.46 bits per heavy atom. The molecule has 130 valence electrons. The van der Waals surface area contributed by atoms with Crippen molar-refractivity contribution in [3.8, 4) is 22.6 Å². The van der Waals surface area contributed by atoms with E-state index in [-0.39, 0.29) is 47.0 Å². The second-order valence-corrected chi connectivity index (χ2v) is 7.51. The molecule has 3 N–H and O–H groups in total. The van der Waals surface area contributed by atoms with E-state index >= 15 is 0 Å². The second kappa shape index (κ2) is 4.16. The van der Waals surface area contributed by atoms with Crippen LogP contribution in [0.1, 0.15) is 50.6 Å². The molecule has 1 fully saturated rings. The van der Waals surface area contributed by atoms with Gasteiger partial charge in [0.05, 0.1) is 11.1 Å². The molecule has 6 nitrogen and oxygen atoms in total. The van der Waals surface area contributed by atoms with Gasteiger partial charge in [-0.3, -0.25) is 9.59 Å². The minimum atomic E-state index is -1.42. The van der Waals surface area contributed by atoms with Crippen LogP contribution < -0.4 is 0 Å². The lowest BCUT2D eigenvalue weighted by molar-refractivity contribution is -0.0177. The lowest BCUT2D eigenvalue weighted by Gasteiger charge is -2.46. The average Bonchev–Trinajstić information content (AvgIpc) is 3.40. The van der Waals surface area contributed by atoms with E-state index < -0.39 is 23.7 Å². The van der Waals surface area contributed by atoms with Gasteiger partial charge >= 0.3 is 0 Å². The summed E-state index contributed by atoms with van der Waals surface area (Å²) >= 11 is 0. The quantitative estimate of drug-likeness (QED) is 0.627. The number of benzene rings is 2. The molecular formula is C20H14O6. The number of phenols is 2. The fourth-order valence-electron chi connectivity index (χ4n) is 5.24. The smallest absolute Gasteiger partial charge is 0.198 e. The van der Waals surface area contributed by atoms with Crippen molar-refractivity contribution >= 4 is 11.6 Å². The number of carbonyl (C=O) groups excluding carboxylic acids is 2. The molecule has 0 saturated carbocycles. The molecule has 2 aromatic rings. The van der Waals surface area contributed by atoms with Crippen LogP contribution in [0.4, 0.5) is 0 Å². The number of ketones is 2. The number of hydrogen-bond acceptors (Lipinski definition) is 6. The maximum Gasteiger partial charge on any atom is 0.198 e. The zero-order valence-corrected chi connectivity index (χ0v) is 13.5. The molecule has 4 aliphatic rings. The fourth-order valence-corrected chi connectivity index (χ4v) is 5.24. The summed E-state index contributed by atoms with van der Waals surface area (Å²) in [7, 11) is 0. The van der Waals surface area contributed by atoms with Gasteiger partial charge in [0, 0.05) is 17.9 Å². The van der Waals surface area contributed by atoms with Gasteiger partial charge < -0.3 is 20.1 Å². The van der Waals surface area contributed by atoms with Crippen molar-refractivity contribution in [3.63, 3.8) is 0 Å². The van der Waals surface area contributed by atoms with E-state index in [1.165, 1.54) is 12.1 Å². The van der Waals surface area contributed by atoms with Crippen LogP contribution in [0.3, 0.4) is 0 Å². The van der Waals surface area contributed by atoms with Crippen LogP contribution in [0.2, 0.25) is 0 Å². The van der Waals surface area contributed by atoms with E-state index in [1.807, 2.05) is 0 Å². The third kappa shape index (κ3) is 1.40. The number of aliphatic hydroxyl groups is 1. The van der Waals surface area contributed by atoms with Crippen LogP contribution in [-0.2, 0) is 10.3 Å². The monoisotopic (exact) mass is 350 g/mol. The lowest BCUT2D eigenvalue weighted by Crippen LogP contribution is -2.46. The van der Waals surface area contributed by atoms with Crippen molar-refractivity contribution in [3.05, 3.63) is 46.5 Å². The summed E-state index contributed by atoms with van der Waals surface area (Å²) in [5.41, 5.74) is 1.27. The van der Waals surface area contributed by atoms with Crippen LogP contribution in [0.25, 0.3) is 11.1 Å². The first-order chi connectivity index (χ1) is 12.4. The number of fused-ring (bicyclic) bond motifs is 4. The van der Waals surface area contributed by atoms with Crippen molar-refractivity contribution < 1.29 is 29.6 Å². The number of carbonyl (C=O) groups is 2. The zero-order valence-electron chi connectivity index (χ0n) is 13.5. The summed E-state index contributed by atoms with van der Waals surface area (Å²) in [6.45, 7) is 0. The van der Waals surface area contributed by atoms with E-state index in [4.69, 9.17) is 4.74 Å². The van der Waals surface area contributed by atoms with Gasteiger partial charge in [-0.2, -0.15) is 0 Å². The van der Waals surface area contributed by atoms with E-state index in [0.717, 1.165) is 0 Å². The highest BCUT2D eigenvalue weighted by Gasteiger charge is 2.65. The summed E-state index contributed by atoms with van der Waals surface area (Å²) in [6.07, 6.45) is -0.851. The third-order valence-electron chi connectivity index (χ3n) is 6.33. The highest BCUT2D eigenvalue weighted by atomic mass is 16.6. The van der Waals surface area contributed by atoms with Crippen LogP contribution in [-0.4, -0.2) is 39.1 Å².